The number of hydrogen-bond acceptors (Lipinski definition) is 2. The van der Waals surface area contributed by atoms with Crippen molar-refractivity contribution in [3.8, 4) is 0 Å². The first kappa shape index (κ1) is 12.1. The molecule has 1 amide bonds. The zero-order valence-electron chi connectivity index (χ0n) is 10.6. The second-order valence-corrected chi connectivity index (χ2v) is 4.72. The fourth-order valence-corrected chi connectivity index (χ4v) is 2.36. The average molecular weight is 232 g/mol. The number of likely N-dealkylation sites (N-methyl/N-ethyl adjacent to an activating group) is 1. The largest absolute Gasteiger partial charge is 0.311 e. The molecule has 1 aromatic rings. The van der Waals surface area contributed by atoms with Crippen LogP contribution in [0.1, 0.15) is 19.4 Å². The second kappa shape index (κ2) is 5.32. The highest BCUT2D eigenvalue weighted by Gasteiger charge is 2.25. The standard InChI is InChI=1S/C14H20N2O/c1-3-15-9-14(17)16-10-11(2)8-12-6-4-5-7-13(12)16/h4-7,11,15H,3,8-10H2,1-2H3. The van der Waals surface area contributed by atoms with Crippen LogP contribution in [0.4, 0.5) is 5.69 Å². The first-order valence-corrected chi connectivity index (χ1v) is 6.31. The molecule has 0 aliphatic carbocycles. The van der Waals surface area contributed by atoms with Gasteiger partial charge in [-0.3, -0.25) is 4.79 Å². The van der Waals surface area contributed by atoms with Crippen molar-refractivity contribution in [2.24, 2.45) is 5.92 Å². The SMILES string of the molecule is CCNCC(=O)N1CC(C)Cc2ccccc21. The van der Waals surface area contributed by atoms with Crippen molar-refractivity contribution in [3.05, 3.63) is 29.8 Å². The molecule has 0 aromatic heterocycles. The number of hydrogen-bond donors (Lipinski definition) is 1. The van der Waals surface area contributed by atoms with Gasteiger partial charge in [-0.1, -0.05) is 32.0 Å². The summed E-state index contributed by atoms with van der Waals surface area (Å²) in [5.41, 5.74) is 2.38. The minimum absolute atomic E-state index is 0.172. The molecule has 0 fully saturated rings. The topological polar surface area (TPSA) is 32.3 Å². The summed E-state index contributed by atoms with van der Waals surface area (Å²) < 4.78 is 0. The normalized spacial score (nSPS) is 18.9. The molecule has 3 heteroatoms. The molecule has 0 radical (unpaired) electrons. The van der Waals surface area contributed by atoms with Gasteiger partial charge < -0.3 is 10.2 Å². The number of carbonyl (C=O) groups excluding carboxylic acids is 1. The van der Waals surface area contributed by atoms with E-state index in [0.29, 0.717) is 12.5 Å². The van der Waals surface area contributed by atoms with Gasteiger partial charge in [0.25, 0.3) is 0 Å². The van der Waals surface area contributed by atoms with Crippen LogP contribution < -0.4 is 10.2 Å². The Morgan fingerprint density at radius 2 is 2.24 bits per heavy atom. The Labute approximate surface area is 103 Å². The molecule has 0 saturated heterocycles. The molecule has 0 spiro atoms. The summed E-state index contributed by atoms with van der Waals surface area (Å²) in [6, 6.07) is 8.22. The number of para-hydroxylation sites is 1. The molecular weight excluding hydrogens is 212 g/mol. The highest BCUT2D eigenvalue weighted by molar-refractivity contribution is 5.96. The van der Waals surface area contributed by atoms with Crippen LogP contribution in [0.25, 0.3) is 0 Å². The van der Waals surface area contributed by atoms with E-state index in [1.165, 1.54) is 5.56 Å². The van der Waals surface area contributed by atoms with E-state index < -0.39 is 0 Å². The number of nitrogens with zero attached hydrogens (tertiary/aromatic N) is 1. The summed E-state index contributed by atoms with van der Waals surface area (Å²) in [7, 11) is 0. The zero-order valence-corrected chi connectivity index (χ0v) is 10.6. The van der Waals surface area contributed by atoms with Gasteiger partial charge >= 0.3 is 0 Å². The molecule has 1 unspecified atom stereocenters. The lowest BCUT2D eigenvalue weighted by Crippen LogP contribution is -2.43. The van der Waals surface area contributed by atoms with Crippen molar-refractivity contribution in [3.63, 3.8) is 0 Å². The van der Waals surface area contributed by atoms with Crippen LogP contribution in [-0.4, -0.2) is 25.5 Å². The van der Waals surface area contributed by atoms with E-state index in [9.17, 15) is 4.79 Å². The van der Waals surface area contributed by atoms with E-state index in [1.807, 2.05) is 30.0 Å². The van der Waals surface area contributed by atoms with Crippen LogP contribution in [0, 0.1) is 5.92 Å². The molecule has 1 heterocycles. The summed E-state index contributed by atoms with van der Waals surface area (Å²) in [5.74, 6) is 0.710. The van der Waals surface area contributed by atoms with Gasteiger partial charge in [0.15, 0.2) is 0 Å². The van der Waals surface area contributed by atoms with Crippen molar-refractivity contribution < 1.29 is 4.79 Å². The minimum atomic E-state index is 0.172. The Kier molecular flexibility index (Phi) is 3.79. The summed E-state index contributed by atoms with van der Waals surface area (Å²) in [5, 5.41) is 3.10. The molecule has 1 aliphatic rings. The lowest BCUT2D eigenvalue weighted by Gasteiger charge is -2.33. The van der Waals surface area contributed by atoms with Gasteiger partial charge in [-0.2, -0.15) is 0 Å². The number of fused-ring (bicyclic) bond motifs is 1. The van der Waals surface area contributed by atoms with Crippen molar-refractivity contribution in [1.29, 1.82) is 0 Å². The van der Waals surface area contributed by atoms with E-state index >= 15 is 0 Å². The van der Waals surface area contributed by atoms with Crippen LogP contribution in [-0.2, 0) is 11.2 Å². The molecule has 17 heavy (non-hydrogen) atoms. The Hall–Kier alpha value is -1.35. The summed E-state index contributed by atoms with van der Waals surface area (Å²) in [6.45, 7) is 6.30. The first-order valence-electron chi connectivity index (χ1n) is 6.31. The predicted molar refractivity (Wildman–Crippen MR) is 70.2 cm³/mol. The molecule has 3 nitrogen and oxygen atoms in total. The maximum atomic E-state index is 12.1. The van der Waals surface area contributed by atoms with E-state index in [4.69, 9.17) is 0 Å². The third-order valence-electron chi connectivity index (χ3n) is 3.17. The smallest absolute Gasteiger partial charge is 0.240 e. The van der Waals surface area contributed by atoms with Gasteiger partial charge in [0.05, 0.1) is 6.54 Å². The molecule has 1 atom stereocenters. The van der Waals surface area contributed by atoms with Gasteiger partial charge in [-0.15, -0.1) is 0 Å². The molecule has 2 rings (SSSR count). The van der Waals surface area contributed by atoms with Crippen LogP contribution >= 0.6 is 0 Å². The molecule has 1 N–H and O–H groups in total. The third kappa shape index (κ3) is 2.67. The minimum Gasteiger partial charge on any atom is -0.311 e. The number of rotatable bonds is 3. The van der Waals surface area contributed by atoms with Gasteiger partial charge in [0.2, 0.25) is 5.91 Å². The Morgan fingerprint density at radius 1 is 1.47 bits per heavy atom. The highest BCUT2D eigenvalue weighted by atomic mass is 16.2. The van der Waals surface area contributed by atoms with Crippen LogP contribution in [0.3, 0.4) is 0 Å². The molecule has 1 aliphatic heterocycles. The van der Waals surface area contributed by atoms with Crippen molar-refractivity contribution in [2.45, 2.75) is 20.3 Å². The lowest BCUT2D eigenvalue weighted by molar-refractivity contribution is -0.118. The van der Waals surface area contributed by atoms with E-state index in [0.717, 1.165) is 25.2 Å². The van der Waals surface area contributed by atoms with E-state index in [1.54, 1.807) is 0 Å². The van der Waals surface area contributed by atoms with Gasteiger partial charge in [-0.05, 0) is 30.5 Å². The Morgan fingerprint density at radius 3 is 3.00 bits per heavy atom. The molecule has 0 bridgehead atoms. The number of carbonyl (C=O) groups is 1. The maximum absolute atomic E-state index is 12.1. The van der Waals surface area contributed by atoms with Gasteiger partial charge in [-0.25, -0.2) is 0 Å². The quantitative estimate of drug-likeness (QED) is 0.862. The van der Waals surface area contributed by atoms with Crippen molar-refractivity contribution >= 4 is 11.6 Å². The zero-order chi connectivity index (χ0) is 12.3. The monoisotopic (exact) mass is 232 g/mol. The van der Waals surface area contributed by atoms with Crippen molar-refractivity contribution in [2.75, 3.05) is 24.5 Å². The first-order chi connectivity index (χ1) is 8.22. The number of nitrogens with one attached hydrogen (secondary N) is 1. The van der Waals surface area contributed by atoms with Gasteiger partial charge in [0, 0.05) is 12.2 Å². The van der Waals surface area contributed by atoms with Crippen molar-refractivity contribution in [1.82, 2.24) is 5.32 Å². The molecule has 92 valence electrons. The van der Waals surface area contributed by atoms with Crippen LogP contribution in [0.2, 0.25) is 0 Å². The fraction of sp³-hybridized carbons (Fsp3) is 0.500. The van der Waals surface area contributed by atoms with Gasteiger partial charge in [0.1, 0.15) is 0 Å². The number of amides is 1. The summed E-state index contributed by atoms with van der Waals surface area (Å²) >= 11 is 0. The Balaban J connectivity index is 2.20. The van der Waals surface area contributed by atoms with Crippen LogP contribution in [0.5, 0.6) is 0 Å². The highest BCUT2D eigenvalue weighted by Crippen LogP contribution is 2.29. The second-order valence-electron chi connectivity index (χ2n) is 4.72. The fourth-order valence-electron chi connectivity index (χ4n) is 2.36. The molecule has 1 aromatic carbocycles. The van der Waals surface area contributed by atoms with Crippen LogP contribution in [0.15, 0.2) is 24.3 Å². The Bertz CT molecular complexity index is 403. The number of benzene rings is 1. The summed E-state index contributed by atoms with van der Waals surface area (Å²) in [4.78, 5) is 14.1. The average Bonchev–Trinajstić information content (AvgIpc) is 2.34. The van der Waals surface area contributed by atoms with E-state index in [2.05, 4.69) is 18.3 Å². The molecular formula is C14H20N2O. The summed E-state index contributed by atoms with van der Waals surface area (Å²) in [6.07, 6.45) is 1.07. The number of anilines is 1. The van der Waals surface area contributed by atoms with E-state index in [-0.39, 0.29) is 5.91 Å². The molecule has 0 saturated carbocycles. The maximum Gasteiger partial charge on any atom is 0.240 e. The lowest BCUT2D eigenvalue weighted by atomic mass is 9.94. The third-order valence-corrected chi connectivity index (χ3v) is 3.17. The predicted octanol–water partition coefficient (Wildman–Crippen LogP) is 1.82.